The lowest BCUT2D eigenvalue weighted by Gasteiger charge is -2.18. The van der Waals surface area contributed by atoms with Crippen LogP contribution in [0.4, 0.5) is 0 Å². The highest BCUT2D eigenvalue weighted by Gasteiger charge is 2.20. The Labute approximate surface area is 311 Å². The van der Waals surface area contributed by atoms with Crippen molar-refractivity contribution < 1.29 is 29.6 Å². The van der Waals surface area contributed by atoms with Gasteiger partial charge in [-0.1, -0.05) is 220 Å². The molecule has 0 saturated heterocycles. The number of carbonyl (C=O) groups excluding carboxylic acids is 1. The summed E-state index contributed by atoms with van der Waals surface area (Å²) in [6, 6.07) is 0. The molecule has 0 fully saturated rings. The van der Waals surface area contributed by atoms with E-state index in [1.807, 2.05) is 6.92 Å². The Hall–Kier alpha value is -1.14. The van der Waals surface area contributed by atoms with Crippen LogP contribution >= 0.6 is 0 Å². The predicted molar refractivity (Wildman–Crippen MR) is 214 cm³/mol. The zero-order chi connectivity index (χ0) is 37.3. The largest absolute Gasteiger partial charge is 0.479 e. The van der Waals surface area contributed by atoms with Gasteiger partial charge in [-0.25, -0.2) is 9.59 Å². The first kappa shape index (κ1) is 51.0. The van der Waals surface area contributed by atoms with Gasteiger partial charge in [0.25, 0.3) is 0 Å². The number of hydrogen-bond donors (Lipinski definition) is 3. The van der Waals surface area contributed by atoms with Gasteiger partial charge in [0.15, 0.2) is 12.2 Å². The molecule has 6 nitrogen and oxygen atoms in total. The number of hydrogen-bond acceptors (Lipinski definition) is 5. The van der Waals surface area contributed by atoms with Crippen LogP contribution in [0.5, 0.6) is 0 Å². The van der Waals surface area contributed by atoms with E-state index in [1.54, 1.807) is 0 Å². The molecule has 3 unspecified atom stereocenters. The molecule has 0 aliphatic heterocycles. The summed E-state index contributed by atoms with van der Waals surface area (Å²) < 4.78 is 5.49. The Morgan fingerprint density at radius 2 is 0.660 bits per heavy atom. The van der Waals surface area contributed by atoms with E-state index in [1.165, 1.54) is 167 Å². The van der Waals surface area contributed by atoms with E-state index >= 15 is 0 Å². The third kappa shape index (κ3) is 39.6. The van der Waals surface area contributed by atoms with Crippen molar-refractivity contribution in [3.8, 4) is 0 Å². The predicted octanol–water partition coefficient (Wildman–Crippen LogP) is 13.4. The standard InChI is InChI=1S/C26H52O3.C18H36O3/c1-4-7-9-10-11-12-13-14-15-16-17-18-19-21-23-25(27)26(28)29-24(6-3)22-20-8-5-2;1-2-3-4-5-6-7-8-9-10-11-12-13-14-15-16-17(19)18(20)21/h24-25,27H,4-23H2,1-3H3;17,19H,2-16H2,1H3,(H,20,21). The molecule has 0 heterocycles. The van der Waals surface area contributed by atoms with Crippen LogP contribution < -0.4 is 0 Å². The van der Waals surface area contributed by atoms with Gasteiger partial charge in [0, 0.05) is 0 Å². The second kappa shape index (κ2) is 42.3. The number of carbonyl (C=O) groups is 2. The quantitative estimate of drug-likeness (QED) is 0.0435. The number of carboxylic acid groups (broad SMARTS) is 1. The van der Waals surface area contributed by atoms with Crippen molar-refractivity contribution in [2.45, 2.75) is 271 Å². The number of ether oxygens (including phenoxy) is 1. The highest BCUT2D eigenvalue weighted by molar-refractivity contribution is 5.74. The van der Waals surface area contributed by atoms with Crippen LogP contribution in [0.25, 0.3) is 0 Å². The van der Waals surface area contributed by atoms with Gasteiger partial charge >= 0.3 is 11.9 Å². The second-order valence-corrected chi connectivity index (χ2v) is 15.1. The lowest BCUT2D eigenvalue weighted by atomic mass is 10.0. The molecular formula is C44H88O6. The van der Waals surface area contributed by atoms with E-state index in [4.69, 9.17) is 14.9 Å². The molecule has 0 bridgehead atoms. The number of unbranched alkanes of at least 4 members (excludes halogenated alkanes) is 28. The molecule has 0 aliphatic carbocycles. The molecule has 6 heteroatoms. The van der Waals surface area contributed by atoms with Crippen molar-refractivity contribution in [3.05, 3.63) is 0 Å². The number of aliphatic carboxylic acids is 1. The third-order valence-corrected chi connectivity index (χ3v) is 10.1. The van der Waals surface area contributed by atoms with Crippen molar-refractivity contribution in [1.82, 2.24) is 0 Å². The summed E-state index contributed by atoms with van der Waals surface area (Å²) >= 11 is 0. The van der Waals surface area contributed by atoms with Gasteiger partial charge in [-0.3, -0.25) is 0 Å². The molecule has 0 spiro atoms. The number of aliphatic hydroxyl groups excluding tert-OH is 2. The van der Waals surface area contributed by atoms with Crippen molar-refractivity contribution in [2.75, 3.05) is 0 Å². The lowest BCUT2D eigenvalue weighted by Crippen LogP contribution is -2.27. The van der Waals surface area contributed by atoms with Crippen LogP contribution in [-0.4, -0.2) is 45.6 Å². The van der Waals surface area contributed by atoms with E-state index in [0.29, 0.717) is 12.8 Å². The Balaban J connectivity index is 0. The molecule has 0 aromatic heterocycles. The van der Waals surface area contributed by atoms with Gasteiger partial charge < -0.3 is 20.1 Å². The minimum Gasteiger partial charge on any atom is -0.479 e. The topological polar surface area (TPSA) is 104 Å². The number of aliphatic hydroxyl groups is 2. The van der Waals surface area contributed by atoms with Crippen molar-refractivity contribution in [2.24, 2.45) is 0 Å². The van der Waals surface area contributed by atoms with Crippen LogP contribution in [-0.2, 0) is 14.3 Å². The Bertz CT molecular complexity index is 683. The Kier molecular flexibility index (Phi) is 43.1. The fourth-order valence-electron chi connectivity index (χ4n) is 6.52. The maximum atomic E-state index is 12.0. The molecule has 0 aromatic carbocycles. The summed E-state index contributed by atoms with van der Waals surface area (Å²) in [4.78, 5) is 22.5. The average Bonchev–Trinajstić information content (AvgIpc) is 3.11. The summed E-state index contributed by atoms with van der Waals surface area (Å²) in [5, 5.41) is 27.7. The highest BCUT2D eigenvalue weighted by Crippen LogP contribution is 2.17. The fourth-order valence-corrected chi connectivity index (χ4v) is 6.52. The summed E-state index contributed by atoms with van der Waals surface area (Å²) in [6.45, 7) is 8.75. The van der Waals surface area contributed by atoms with E-state index in [-0.39, 0.29) is 6.10 Å². The van der Waals surface area contributed by atoms with Gasteiger partial charge in [-0.05, 0) is 32.1 Å². The molecule has 300 valence electrons. The Morgan fingerprint density at radius 3 is 0.960 bits per heavy atom. The first-order chi connectivity index (χ1) is 24.3. The van der Waals surface area contributed by atoms with Gasteiger partial charge in [0.05, 0.1) is 0 Å². The average molecular weight is 713 g/mol. The van der Waals surface area contributed by atoms with Crippen LogP contribution in [0.1, 0.15) is 252 Å². The molecule has 0 aliphatic rings. The van der Waals surface area contributed by atoms with E-state index in [9.17, 15) is 14.7 Å². The second-order valence-electron chi connectivity index (χ2n) is 15.1. The molecular weight excluding hydrogens is 624 g/mol. The van der Waals surface area contributed by atoms with E-state index in [2.05, 4.69) is 20.8 Å². The number of carboxylic acids is 1. The van der Waals surface area contributed by atoms with Gasteiger partial charge in [-0.2, -0.15) is 0 Å². The van der Waals surface area contributed by atoms with Crippen molar-refractivity contribution >= 4 is 11.9 Å². The maximum absolute atomic E-state index is 12.0. The number of esters is 1. The SMILES string of the molecule is CCCCCCCCCCCCCCCCC(O)C(=O)O.CCCCCCCCCCCCCCCCC(O)C(=O)OC(CC)CCCCC. The lowest BCUT2D eigenvalue weighted by molar-refractivity contribution is -0.160. The maximum Gasteiger partial charge on any atom is 0.335 e. The van der Waals surface area contributed by atoms with Gasteiger partial charge in [0.1, 0.15) is 6.10 Å². The zero-order valence-corrected chi connectivity index (χ0v) is 34.0. The van der Waals surface area contributed by atoms with Crippen LogP contribution in [0.2, 0.25) is 0 Å². The summed E-state index contributed by atoms with van der Waals surface area (Å²) in [5.41, 5.74) is 0. The molecule has 0 saturated carbocycles. The molecule has 50 heavy (non-hydrogen) atoms. The van der Waals surface area contributed by atoms with Crippen LogP contribution in [0.3, 0.4) is 0 Å². The van der Waals surface area contributed by atoms with Crippen molar-refractivity contribution in [1.29, 1.82) is 0 Å². The van der Waals surface area contributed by atoms with E-state index in [0.717, 1.165) is 44.9 Å². The van der Waals surface area contributed by atoms with Crippen molar-refractivity contribution in [3.63, 3.8) is 0 Å². The fraction of sp³-hybridized carbons (Fsp3) is 0.955. The number of rotatable bonds is 38. The molecule has 3 atom stereocenters. The zero-order valence-electron chi connectivity index (χ0n) is 34.0. The monoisotopic (exact) mass is 713 g/mol. The normalized spacial score (nSPS) is 13.0. The minimum absolute atomic E-state index is 0.0277. The molecule has 0 amide bonds. The van der Waals surface area contributed by atoms with Crippen LogP contribution in [0, 0.1) is 0 Å². The van der Waals surface area contributed by atoms with Crippen LogP contribution in [0.15, 0.2) is 0 Å². The summed E-state index contributed by atoms with van der Waals surface area (Å²) in [5.74, 6) is -1.51. The molecule has 0 aromatic rings. The van der Waals surface area contributed by atoms with E-state index < -0.39 is 24.1 Å². The molecule has 3 N–H and O–H groups in total. The first-order valence-electron chi connectivity index (χ1n) is 22.1. The first-order valence-corrected chi connectivity index (χ1v) is 22.1. The summed E-state index contributed by atoms with van der Waals surface area (Å²) in [6.07, 6.45) is 40.4. The summed E-state index contributed by atoms with van der Waals surface area (Å²) in [7, 11) is 0. The third-order valence-electron chi connectivity index (χ3n) is 10.1. The molecule has 0 rings (SSSR count). The van der Waals surface area contributed by atoms with Gasteiger partial charge in [-0.15, -0.1) is 0 Å². The minimum atomic E-state index is -1.16. The highest BCUT2D eigenvalue weighted by atomic mass is 16.6. The van der Waals surface area contributed by atoms with Gasteiger partial charge in [0.2, 0.25) is 0 Å². The Morgan fingerprint density at radius 1 is 0.400 bits per heavy atom. The molecule has 0 radical (unpaired) electrons. The smallest absolute Gasteiger partial charge is 0.335 e.